The molecule has 2 rings (SSSR count). The molecule has 1 atom stereocenters. The Morgan fingerprint density at radius 3 is 2.47 bits per heavy atom. The number of hydrogen-bond donors (Lipinski definition) is 1. The van der Waals surface area contributed by atoms with Crippen molar-refractivity contribution in [2.45, 2.75) is 45.7 Å². The van der Waals surface area contributed by atoms with Crippen molar-refractivity contribution in [3.63, 3.8) is 0 Å². The topological polar surface area (TPSA) is 32.3 Å². The van der Waals surface area contributed by atoms with Crippen LogP contribution in [-0.4, -0.2) is 29.9 Å². The maximum Gasteiger partial charge on any atom is 0.251 e. The van der Waals surface area contributed by atoms with E-state index in [9.17, 15) is 4.79 Å². The number of hydrogen-bond acceptors (Lipinski definition) is 2. The lowest BCUT2D eigenvalue weighted by molar-refractivity contribution is 0.0939. The highest BCUT2D eigenvalue weighted by molar-refractivity contribution is 5.94. The molecule has 1 aliphatic heterocycles. The van der Waals surface area contributed by atoms with Crippen LogP contribution >= 0.6 is 0 Å². The minimum absolute atomic E-state index is 0.0297. The molecule has 3 nitrogen and oxygen atoms in total. The van der Waals surface area contributed by atoms with Crippen LogP contribution in [0.1, 0.15) is 49.0 Å². The number of rotatable bonds is 5. The highest BCUT2D eigenvalue weighted by Crippen LogP contribution is 2.13. The number of nitrogens with zero attached hydrogens (tertiary/aromatic N) is 1. The average molecular weight is 260 g/mol. The lowest BCUT2D eigenvalue weighted by Crippen LogP contribution is -2.31. The fraction of sp³-hybridized carbons (Fsp3) is 0.562. The standard InChI is InChI=1S/C16H24N2O/c1-3-13(2)17-16(19)15-8-6-14(7-9-15)12-18-10-4-5-11-18/h6-9,13H,3-5,10-12H2,1-2H3,(H,17,19)/t13-/m1/s1. The van der Waals surface area contributed by atoms with Crippen LogP contribution in [-0.2, 0) is 6.54 Å². The second-order valence-corrected chi connectivity index (χ2v) is 5.46. The van der Waals surface area contributed by atoms with Crippen LogP contribution in [0.5, 0.6) is 0 Å². The molecule has 0 spiro atoms. The highest BCUT2D eigenvalue weighted by Gasteiger charge is 2.12. The molecule has 1 saturated heterocycles. The van der Waals surface area contributed by atoms with Gasteiger partial charge in [0, 0.05) is 18.2 Å². The molecule has 0 unspecified atom stereocenters. The molecule has 1 amide bonds. The predicted octanol–water partition coefficient (Wildman–Crippen LogP) is 2.81. The summed E-state index contributed by atoms with van der Waals surface area (Å²) in [5.41, 5.74) is 2.05. The van der Waals surface area contributed by atoms with E-state index in [2.05, 4.69) is 29.3 Å². The van der Waals surface area contributed by atoms with Crippen LogP contribution in [0.4, 0.5) is 0 Å². The molecular formula is C16H24N2O. The van der Waals surface area contributed by atoms with E-state index in [1.54, 1.807) is 0 Å². The van der Waals surface area contributed by atoms with Gasteiger partial charge in [0.2, 0.25) is 0 Å². The van der Waals surface area contributed by atoms with Crippen molar-refractivity contribution >= 4 is 5.91 Å². The Hall–Kier alpha value is -1.35. The molecular weight excluding hydrogens is 236 g/mol. The molecule has 0 saturated carbocycles. The first-order valence-electron chi connectivity index (χ1n) is 7.31. The molecule has 1 aromatic rings. The highest BCUT2D eigenvalue weighted by atomic mass is 16.1. The van der Waals surface area contributed by atoms with E-state index in [1.165, 1.54) is 31.5 Å². The number of carbonyl (C=O) groups is 1. The van der Waals surface area contributed by atoms with E-state index < -0.39 is 0 Å². The van der Waals surface area contributed by atoms with Gasteiger partial charge in [-0.15, -0.1) is 0 Å². The van der Waals surface area contributed by atoms with Gasteiger partial charge in [-0.1, -0.05) is 19.1 Å². The Kier molecular flexibility index (Phi) is 4.97. The molecule has 104 valence electrons. The summed E-state index contributed by atoms with van der Waals surface area (Å²) in [6.07, 6.45) is 3.59. The first-order chi connectivity index (χ1) is 9.19. The lowest BCUT2D eigenvalue weighted by Gasteiger charge is -2.15. The summed E-state index contributed by atoms with van der Waals surface area (Å²) in [5.74, 6) is 0.0297. The van der Waals surface area contributed by atoms with Gasteiger partial charge in [-0.25, -0.2) is 0 Å². The Bertz CT molecular complexity index is 407. The Morgan fingerprint density at radius 2 is 1.89 bits per heavy atom. The molecule has 0 aliphatic carbocycles. The summed E-state index contributed by atoms with van der Waals surface area (Å²) in [6.45, 7) is 7.52. The van der Waals surface area contributed by atoms with E-state index in [-0.39, 0.29) is 11.9 Å². The zero-order chi connectivity index (χ0) is 13.7. The average Bonchev–Trinajstić information content (AvgIpc) is 2.92. The molecule has 1 N–H and O–H groups in total. The number of amides is 1. The molecule has 19 heavy (non-hydrogen) atoms. The van der Waals surface area contributed by atoms with Crippen molar-refractivity contribution in [3.8, 4) is 0 Å². The summed E-state index contributed by atoms with van der Waals surface area (Å²) >= 11 is 0. The van der Waals surface area contributed by atoms with E-state index in [1.807, 2.05) is 19.1 Å². The summed E-state index contributed by atoms with van der Waals surface area (Å²) in [7, 11) is 0. The van der Waals surface area contributed by atoms with Crippen molar-refractivity contribution in [3.05, 3.63) is 35.4 Å². The summed E-state index contributed by atoms with van der Waals surface area (Å²) in [5, 5.41) is 2.99. The van der Waals surface area contributed by atoms with E-state index >= 15 is 0 Å². The zero-order valence-corrected chi connectivity index (χ0v) is 12.0. The number of carbonyl (C=O) groups excluding carboxylic acids is 1. The fourth-order valence-electron chi connectivity index (χ4n) is 2.37. The third-order valence-electron chi connectivity index (χ3n) is 3.81. The fourth-order valence-corrected chi connectivity index (χ4v) is 2.37. The van der Waals surface area contributed by atoms with Crippen LogP contribution < -0.4 is 5.32 Å². The Labute approximate surface area is 116 Å². The number of nitrogens with one attached hydrogen (secondary N) is 1. The smallest absolute Gasteiger partial charge is 0.251 e. The van der Waals surface area contributed by atoms with Gasteiger partial charge >= 0.3 is 0 Å². The normalized spacial score (nSPS) is 17.4. The van der Waals surface area contributed by atoms with E-state index in [4.69, 9.17) is 0 Å². The largest absolute Gasteiger partial charge is 0.350 e. The maximum absolute atomic E-state index is 11.9. The second-order valence-electron chi connectivity index (χ2n) is 5.46. The van der Waals surface area contributed by atoms with Crippen molar-refractivity contribution in [2.75, 3.05) is 13.1 Å². The summed E-state index contributed by atoms with van der Waals surface area (Å²) in [4.78, 5) is 14.4. The van der Waals surface area contributed by atoms with Gasteiger partial charge in [0.15, 0.2) is 0 Å². The van der Waals surface area contributed by atoms with Gasteiger partial charge in [0.05, 0.1) is 0 Å². The molecule has 3 heteroatoms. The van der Waals surface area contributed by atoms with Gasteiger partial charge in [0.25, 0.3) is 5.91 Å². The van der Waals surface area contributed by atoms with Crippen molar-refractivity contribution in [2.24, 2.45) is 0 Å². The molecule has 1 fully saturated rings. The third kappa shape index (κ3) is 4.06. The van der Waals surface area contributed by atoms with Gasteiger partial charge in [0.1, 0.15) is 0 Å². The minimum Gasteiger partial charge on any atom is -0.350 e. The molecule has 1 aromatic carbocycles. The maximum atomic E-state index is 11.9. The molecule has 1 aliphatic rings. The van der Waals surface area contributed by atoms with E-state index in [0.29, 0.717) is 0 Å². The number of likely N-dealkylation sites (tertiary alicyclic amines) is 1. The van der Waals surface area contributed by atoms with Crippen LogP contribution in [0.2, 0.25) is 0 Å². The Balaban J connectivity index is 1.91. The van der Waals surface area contributed by atoms with Crippen LogP contribution in [0.3, 0.4) is 0 Å². The van der Waals surface area contributed by atoms with Gasteiger partial charge in [-0.05, 0) is 57.0 Å². The molecule has 0 bridgehead atoms. The SMILES string of the molecule is CC[C@@H](C)NC(=O)c1ccc(CN2CCCC2)cc1. The predicted molar refractivity (Wildman–Crippen MR) is 78.2 cm³/mol. The van der Waals surface area contributed by atoms with Gasteiger partial charge in [-0.2, -0.15) is 0 Å². The molecule has 0 radical (unpaired) electrons. The summed E-state index contributed by atoms with van der Waals surface area (Å²) < 4.78 is 0. The Morgan fingerprint density at radius 1 is 1.26 bits per heavy atom. The quantitative estimate of drug-likeness (QED) is 0.883. The van der Waals surface area contributed by atoms with Crippen LogP contribution in [0.15, 0.2) is 24.3 Å². The second kappa shape index (κ2) is 6.71. The summed E-state index contributed by atoms with van der Waals surface area (Å²) in [6, 6.07) is 8.25. The van der Waals surface area contributed by atoms with Crippen LogP contribution in [0, 0.1) is 0 Å². The minimum atomic E-state index is 0.0297. The van der Waals surface area contributed by atoms with Gasteiger partial charge < -0.3 is 5.32 Å². The van der Waals surface area contributed by atoms with Crippen molar-refractivity contribution in [1.82, 2.24) is 10.2 Å². The van der Waals surface area contributed by atoms with Crippen LogP contribution in [0.25, 0.3) is 0 Å². The molecule has 0 aromatic heterocycles. The lowest BCUT2D eigenvalue weighted by atomic mass is 10.1. The zero-order valence-electron chi connectivity index (χ0n) is 12.0. The van der Waals surface area contributed by atoms with Crippen molar-refractivity contribution in [1.29, 1.82) is 0 Å². The third-order valence-corrected chi connectivity index (χ3v) is 3.81. The van der Waals surface area contributed by atoms with E-state index in [0.717, 1.165) is 18.5 Å². The van der Waals surface area contributed by atoms with Crippen molar-refractivity contribution < 1.29 is 4.79 Å². The first kappa shape index (κ1) is 14.1. The van der Waals surface area contributed by atoms with Gasteiger partial charge in [-0.3, -0.25) is 9.69 Å². The first-order valence-corrected chi connectivity index (χ1v) is 7.31. The monoisotopic (exact) mass is 260 g/mol. The number of benzene rings is 1. The molecule has 1 heterocycles.